The second kappa shape index (κ2) is 10.4. The summed E-state index contributed by atoms with van der Waals surface area (Å²) in [5.41, 5.74) is 0. The molecule has 2 aliphatic rings. The molecular formula is C15H29ClN2O2. The number of hydrogen-bond donors (Lipinski definition) is 2. The molecule has 0 spiro atoms. The largest absolute Gasteiger partial charge is 0.376 e. The van der Waals surface area contributed by atoms with E-state index in [2.05, 4.69) is 10.6 Å². The molecule has 1 aliphatic carbocycles. The zero-order valence-electron chi connectivity index (χ0n) is 12.4. The molecule has 1 atom stereocenters. The van der Waals surface area contributed by atoms with E-state index in [1.165, 1.54) is 44.9 Å². The van der Waals surface area contributed by atoms with Crippen LogP contribution >= 0.6 is 12.4 Å². The predicted octanol–water partition coefficient (Wildman–Crippen LogP) is 2.41. The highest BCUT2D eigenvalue weighted by atomic mass is 35.5. The predicted molar refractivity (Wildman–Crippen MR) is 83.3 cm³/mol. The summed E-state index contributed by atoms with van der Waals surface area (Å²) >= 11 is 0. The summed E-state index contributed by atoms with van der Waals surface area (Å²) in [6.45, 7) is 2.27. The Hall–Kier alpha value is -0.320. The van der Waals surface area contributed by atoms with Crippen LogP contribution in [0.2, 0.25) is 0 Å². The highest BCUT2D eigenvalue weighted by Gasteiger charge is 2.20. The Bertz CT molecular complexity index is 263. The Labute approximate surface area is 128 Å². The maximum Gasteiger partial charge on any atom is 0.237 e. The molecule has 5 heteroatoms. The summed E-state index contributed by atoms with van der Waals surface area (Å²) in [7, 11) is 0. The maximum absolute atomic E-state index is 11.9. The number of rotatable bonds is 5. The number of ether oxygens (including phenoxy) is 1. The highest BCUT2D eigenvalue weighted by molar-refractivity contribution is 5.85. The van der Waals surface area contributed by atoms with E-state index in [1.807, 2.05) is 0 Å². The lowest BCUT2D eigenvalue weighted by Gasteiger charge is -2.22. The zero-order chi connectivity index (χ0) is 13.3. The Balaban J connectivity index is 0.00000200. The van der Waals surface area contributed by atoms with Crippen molar-refractivity contribution >= 4 is 18.3 Å². The van der Waals surface area contributed by atoms with E-state index in [4.69, 9.17) is 4.74 Å². The number of piperidine rings is 1. The summed E-state index contributed by atoms with van der Waals surface area (Å²) < 4.78 is 5.87. The van der Waals surface area contributed by atoms with E-state index in [9.17, 15) is 4.79 Å². The quantitative estimate of drug-likeness (QED) is 0.606. The summed E-state index contributed by atoms with van der Waals surface area (Å²) in [5, 5.41) is 6.25. The molecule has 1 amide bonds. The number of hydrogen-bond acceptors (Lipinski definition) is 3. The van der Waals surface area contributed by atoms with Gasteiger partial charge in [-0.05, 0) is 32.2 Å². The van der Waals surface area contributed by atoms with Gasteiger partial charge in [0, 0.05) is 6.54 Å². The van der Waals surface area contributed by atoms with Crippen molar-refractivity contribution < 1.29 is 9.53 Å². The average molecular weight is 305 g/mol. The van der Waals surface area contributed by atoms with Gasteiger partial charge in [-0.2, -0.15) is 0 Å². The fourth-order valence-corrected chi connectivity index (χ4v) is 3.01. The van der Waals surface area contributed by atoms with Crippen molar-refractivity contribution in [1.82, 2.24) is 10.6 Å². The minimum Gasteiger partial charge on any atom is -0.376 e. The average Bonchev–Trinajstić information content (AvgIpc) is 2.73. The number of carbonyl (C=O) groups excluding carboxylic acids is 1. The number of carbonyl (C=O) groups is 1. The Morgan fingerprint density at radius 2 is 1.75 bits per heavy atom. The molecule has 1 unspecified atom stereocenters. The van der Waals surface area contributed by atoms with Gasteiger partial charge in [-0.1, -0.05) is 32.1 Å². The third kappa shape index (κ3) is 6.42. The van der Waals surface area contributed by atoms with Crippen molar-refractivity contribution in [2.45, 2.75) is 69.9 Å². The van der Waals surface area contributed by atoms with Crippen molar-refractivity contribution in [2.24, 2.45) is 0 Å². The number of halogens is 1. The molecule has 20 heavy (non-hydrogen) atoms. The number of nitrogens with one attached hydrogen (secondary N) is 2. The molecule has 0 bridgehead atoms. The summed E-state index contributed by atoms with van der Waals surface area (Å²) in [6, 6.07) is 0.0200. The SMILES string of the molecule is Cl.O=C(NCCOC1CCCCCC1)C1CCCCN1. The van der Waals surface area contributed by atoms with Crippen LogP contribution in [0.5, 0.6) is 0 Å². The van der Waals surface area contributed by atoms with Gasteiger partial charge in [-0.3, -0.25) is 4.79 Å². The lowest BCUT2D eigenvalue weighted by Crippen LogP contribution is -2.47. The second-order valence-corrected chi connectivity index (χ2v) is 5.78. The Kier molecular flexibility index (Phi) is 9.23. The molecule has 1 heterocycles. The van der Waals surface area contributed by atoms with Gasteiger partial charge < -0.3 is 15.4 Å². The van der Waals surface area contributed by atoms with Gasteiger partial charge in [0.2, 0.25) is 5.91 Å². The van der Waals surface area contributed by atoms with Gasteiger partial charge in [-0.25, -0.2) is 0 Å². The van der Waals surface area contributed by atoms with E-state index >= 15 is 0 Å². The molecule has 1 saturated carbocycles. The first-order valence-electron chi connectivity index (χ1n) is 7.99. The topological polar surface area (TPSA) is 50.4 Å². The van der Waals surface area contributed by atoms with Crippen LogP contribution in [0.15, 0.2) is 0 Å². The normalized spacial score (nSPS) is 24.5. The minimum atomic E-state index is 0. The van der Waals surface area contributed by atoms with Crippen LogP contribution in [-0.4, -0.2) is 37.7 Å². The van der Waals surface area contributed by atoms with E-state index in [0.29, 0.717) is 19.3 Å². The van der Waals surface area contributed by atoms with Crippen LogP contribution in [0.4, 0.5) is 0 Å². The van der Waals surface area contributed by atoms with Gasteiger partial charge in [0.05, 0.1) is 18.8 Å². The molecule has 1 aliphatic heterocycles. The van der Waals surface area contributed by atoms with Crippen molar-refractivity contribution in [3.63, 3.8) is 0 Å². The molecule has 118 valence electrons. The summed E-state index contributed by atoms with van der Waals surface area (Å²) in [5.74, 6) is 0.143. The van der Waals surface area contributed by atoms with Gasteiger partial charge in [-0.15, -0.1) is 12.4 Å². The standard InChI is InChI=1S/C15H28N2O2.ClH/c18-15(14-9-5-6-10-16-14)17-11-12-19-13-7-3-1-2-4-8-13;/h13-14,16H,1-12H2,(H,17,18);1H. The van der Waals surface area contributed by atoms with Crippen LogP contribution in [0.3, 0.4) is 0 Å². The van der Waals surface area contributed by atoms with Gasteiger partial charge >= 0.3 is 0 Å². The van der Waals surface area contributed by atoms with Gasteiger partial charge in [0.1, 0.15) is 0 Å². The van der Waals surface area contributed by atoms with Crippen molar-refractivity contribution in [1.29, 1.82) is 0 Å². The first kappa shape index (κ1) is 17.7. The molecular weight excluding hydrogens is 276 g/mol. The molecule has 0 aromatic rings. The van der Waals surface area contributed by atoms with Gasteiger partial charge in [0.15, 0.2) is 0 Å². The monoisotopic (exact) mass is 304 g/mol. The first-order valence-corrected chi connectivity index (χ1v) is 7.99. The second-order valence-electron chi connectivity index (χ2n) is 5.78. The molecule has 1 saturated heterocycles. The summed E-state index contributed by atoms with van der Waals surface area (Å²) in [6.07, 6.45) is 11.4. The van der Waals surface area contributed by atoms with Gasteiger partial charge in [0.25, 0.3) is 0 Å². The smallest absolute Gasteiger partial charge is 0.237 e. The number of amides is 1. The molecule has 0 radical (unpaired) electrons. The summed E-state index contributed by atoms with van der Waals surface area (Å²) in [4.78, 5) is 11.9. The van der Waals surface area contributed by atoms with Crippen molar-refractivity contribution in [3.05, 3.63) is 0 Å². The van der Waals surface area contributed by atoms with E-state index in [-0.39, 0.29) is 24.4 Å². The van der Waals surface area contributed by atoms with E-state index in [0.717, 1.165) is 19.4 Å². The Morgan fingerprint density at radius 1 is 1.05 bits per heavy atom. The maximum atomic E-state index is 11.9. The lowest BCUT2D eigenvalue weighted by molar-refractivity contribution is -0.124. The fraction of sp³-hybridized carbons (Fsp3) is 0.933. The highest BCUT2D eigenvalue weighted by Crippen LogP contribution is 2.19. The van der Waals surface area contributed by atoms with Crippen molar-refractivity contribution in [2.75, 3.05) is 19.7 Å². The van der Waals surface area contributed by atoms with Crippen LogP contribution in [0.25, 0.3) is 0 Å². The molecule has 0 aromatic heterocycles. The van der Waals surface area contributed by atoms with Crippen LogP contribution in [0, 0.1) is 0 Å². The molecule has 0 aromatic carbocycles. The lowest BCUT2D eigenvalue weighted by atomic mass is 10.0. The minimum absolute atomic E-state index is 0. The molecule has 2 rings (SSSR count). The molecule has 2 fully saturated rings. The van der Waals surface area contributed by atoms with E-state index in [1.54, 1.807) is 0 Å². The molecule has 4 nitrogen and oxygen atoms in total. The Morgan fingerprint density at radius 3 is 2.40 bits per heavy atom. The third-order valence-corrected chi connectivity index (χ3v) is 4.18. The van der Waals surface area contributed by atoms with Crippen molar-refractivity contribution in [3.8, 4) is 0 Å². The third-order valence-electron chi connectivity index (χ3n) is 4.18. The van der Waals surface area contributed by atoms with E-state index < -0.39 is 0 Å². The zero-order valence-corrected chi connectivity index (χ0v) is 13.2. The first-order chi connectivity index (χ1) is 9.36. The fourth-order valence-electron chi connectivity index (χ4n) is 3.01. The van der Waals surface area contributed by atoms with Crippen LogP contribution in [0.1, 0.15) is 57.8 Å². The molecule has 2 N–H and O–H groups in total. The van der Waals surface area contributed by atoms with Crippen LogP contribution in [-0.2, 0) is 9.53 Å². The van der Waals surface area contributed by atoms with Crippen LogP contribution < -0.4 is 10.6 Å².